The van der Waals surface area contributed by atoms with Gasteiger partial charge in [0.05, 0.1) is 32.7 Å². The maximum atomic E-state index is 13.9. The van der Waals surface area contributed by atoms with Crippen LogP contribution in [-0.2, 0) is 28.8 Å². The van der Waals surface area contributed by atoms with Crippen LogP contribution in [0.3, 0.4) is 0 Å². The van der Waals surface area contributed by atoms with E-state index < -0.39 is 35.8 Å². The van der Waals surface area contributed by atoms with Gasteiger partial charge in [-0.15, -0.1) is 0 Å². The Morgan fingerprint density at radius 2 is 0.701 bits per heavy atom. The molecular formula is C60H116N8O9. The van der Waals surface area contributed by atoms with Crippen molar-refractivity contribution in [1.29, 1.82) is 0 Å². The van der Waals surface area contributed by atoms with Gasteiger partial charge < -0.3 is 36.6 Å². The molecule has 7 N–H and O–H groups in total. The molecule has 0 unspecified atom stereocenters. The van der Waals surface area contributed by atoms with Crippen LogP contribution in [0.4, 0.5) is 0 Å². The highest BCUT2D eigenvalue weighted by Crippen LogP contribution is 2.17. The largest absolute Gasteiger partial charge is 0.480 e. The Kier molecular flexibility index (Phi) is 47.3. The second-order valence-electron chi connectivity index (χ2n) is 22.4. The second kappa shape index (κ2) is 50.8. The molecule has 77 heavy (non-hydrogen) atoms. The Morgan fingerprint density at radius 3 is 0.987 bits per heavy atom. The van der Waals surface area contributed by atoms with Gasteiger partial charge in [-0.25, -0.2) is 0 Å². The fourth-order valence-electron chi connectivity index (χ4n) is 10.5. The number of nitrogens with two attached hydrogens (primary N) is 1. The number of nitrogens with one attached hydrogen (secondary N) is 2. The van der Waals surface area contributed by atoms with Crippen LogP contribution in [0.1, 0.15) is 239 Å². The van der Waals surface area contributed by atoms with Gasteiger partial charge in [-0.2, -0.15) is 0 Å². The zero-order valence-corrected chi connectivity index (χ0v) is 49.2. The average molecular weight is 1090 g/mol. The lowest BCUT2D eigenvalue weighted by Crippen LogP contribution is -2.53. The molecule has 0 saturated carbocycles. The molecule has 17 heteroatoms. The maximum absolute atomic E-state index is 13.9. The molecule has 1 atom stereocenters. The van der Waals surface area contributed by atoms with E-state index in [2.05, 4.69) is 24.5 Å². The molecule has 0 radical (unpaired) electrons. The van der Waals surface area contributed by atoms with Gasteiger partial charge >= 0.3 is 17.9 Å². The summed E-state index contributed by atoms with van der Waals surface area (Å²) >= 11 is 0. The molecule has 450 valence electrons. The Hall–Kier alpha value is -3.38. The number of carbonyl (C=O) groups excluding carboxylic acids is 3. The van der Waals surface area contributed by atoms with Gasteiger partial charge in [-0.1, -0.05) is 206 Å². The van der Waals surface area contributed by atoms with Crippen molar-refractivity contribution in [3.8, 4) is 0 Å². The Balaban J connectivity index is 2.85. The summed E-state index contributed by atoms with van der Waals surface area (Å²) in [5, 5.41) is 34.5. The highest BCUT2D eigenvalue weighted by molar-refractivity contribution is 5.91. The molecule has 3 amide bonds. The summed E-state index contributed by atoms with van der Waals surface area (Å²) in [5.41, 5.74) is 5.81. The zero-order chi connectivity index (χ0) is 56.4. The molecule has 1 aliphatic rings. The number of hydrogen-bond donors (Lipinski definition) is 6. The zero-order valence-electron chi connectivity index (χ0n) is 49.2. The van der Waals surface area contributed by atoms with Crippen molar-refractivity contribution >= 4 is 35.6 Å². The SMILES string of the molecule is CCCCCCCCCCCCCCCCCCN(CCCCCCCCCCCCCCCCCC)C(=O)CNC(=O)[C@H](CCCCN)NC(=O)CN1CCN(CC(=O)O)CCN(CC(=O)O)CCN(CC(=O)O)CC1. The number of rotatable bonds is 50. The molecular weight excluding hydrogens is 977 g/mol. The molecule has 1 aliphatic heterocycles. The summed E-state index contributed by atoms with van der Waals surface area (Å²) in [6.45, 7) is 7.30. The summed E-state index contributed by atoms with van der Waals surface area (Å²) in [5.74, 6) is -4.08. The third-order valence-electron chi connectivity index (χ3n) is 15.3. The van der Waals surface area contributed by atoms with Gasteiger partial charge in [0.15, 0.2) is 0 Å². The van der Waals surface area contributed by atoms with E-state index in [4.69, 9.17) is 5.73 Å². The van der Waals surface area contributed by atoms with Crippen LogP contribution >= 0.6 is 0 Å². The van der Waals surface area contributed by atoms with Crippen LogP contribution in [0.15, 0.2) is 0 Å². The van der Waals surface area contributed by atoms with Gasteiger partial charge in [0, 0.05) is 65.4 Å². The van der Waals surface area contributed by atoms with Crippen molar-refractivity contribution in [2.24, 2.45) is 5.73 Å². The number of amides is 3. The fourth-order valence-corrected chi connectivity index (χ4v) is 10.5. The smallest absolute Gasteiger partial charge is 0.317 e. The monoisotopic (exact) mass is 1090 g/mol. The van der Waals surface area contributed by atoms with Crippen molar-refractivity contribution in [1.82, 2.24) is 35.1 Å². The molecule has 0 aromatic rings. The standard InChI is InChI=1S/C60H116N8O9/c1-3-5-7-9-11-13-15-17-19-21-23-25-27-29-31-35-39-68(40-36-32-30-28-26-24-22-20-18-16-14-12-10-8-6-4-2)56(70)49-62-60(77)54(37-33-34-38-61)63-55(69)50-64-41-43-65(51-57(71)72)45-47-67(53-59(75)76)48-46-66(44-42-64)52-58(73)74/h54H,3-53,61H2,1-2H3,(H,62,77)(H,63,69)(H,71,72)(H,73,74)(H,75,76)/t54-/m0/s1. The number of nitrogens with zero attached hydrogens (tertiary/aromatic N) is 5. The van der Waals surface area contributed by atoms with Crippen molar-refractivity contribution in [2.45, 2.75) is 245 Å². The number of aliphatic carboxylic acids is 3. The third-order valence-corrected chi connectivity index (χ3v) is 15.3. The second-order valence-corrected chi connectivity index (χ2v) is 22.4. The van der Waals surface area contributed by atoms with E-state index in [0.29, 0.717) is 38.9 Å². The molecule has 0 aromatic heterocycles. The van der Waals surface area contributed by atoms with Crippen molar-refractivity contribution in [3.63, 3.8) is 0 Å². The first kappa shape index (κ1) is 71.6. The molecule has 0 aromatic carbocycles. The predicted octanol–water partition coefficient (Wildman–Crippen LogP) is 9.54. The van der Waals surface area contributed by atoms with Crippen LogP contribution in [0.2, 0.25) is 0 Å². The van der Waals surface area contributed by atoms with Crippen molar-refractivity contribution < 1.29 is 44.1 Å². The van der Waals surface area contributed by atoms with Crippen LogP contribution in [0.25, 0.3) is 0 Å². The first-order valence-electron chi connectivity index (χ1n) is 31.5. The first-order valence-corrected chi connectivity index (χ1v) is 31.5. The van der Waals surface area contributed by atoms with Crippen molar-refractivity contribution in [3.05, 3.63) is 0 Å². The molecule has 1 rings (SSSR count). The van der Waals surface area contributed by atoms with E-state index in [0.717, 1.165) is 38.5 Å². The van der Waals surface area contributed by atoms with Gasteiger partial charge in [-0.3, -0.25) is 48.4 Å². The summed E-state index contributed by atoms with van der Waals surface area (Å²) in [7, 11) is 0. The summed E-state index contributed by atoms with van der Waals surface area (Å²) in [4.78, 5) is 85.5. The number of carboxylic acid groups (broad SMARTS) is 3. The van der Waals surface area contributed by atoms with Gasteiger partial charge in [0.25, 0.3) is 0 Å². The molecule has 0 spiro atoms. The van der Waals surface area contributed by atoms with E-state index in [-0.39, 0.29) is 91.0 Å². The highest BCUT2D eigenvalue weighted by atomic mass is 16.4. The van der Waals surface area contributed by atoms with E-state index in [1.807, 2.05) is 9.80 Å². The predicted molar refractivity (Wildman–Crippen MR) is 312 cm³/mol. The molecule has 0 bridgehead atoms. The minimum absolute atomic E-state index is 0.116. The van der Waals surface area contributed by atoms with Crippen LogP contribution in [0, 0.1) is 0 Å². The number of unbranched alkanes of at least 4 members (excludes halogenated alkanes) is 31. The quantitative estimate of drug-likeness (QED) is 0.0312. The van der Waals surface area contributed by atoms with Crippen molar-refractivity contribution in [2.75, 3.05) is 105 Å². The molecule has 1 saturated heterocycles. The van der Waals surface area contributed by atoms with Crippen LogP contribution in [-0.4, -0.2) is 186 Å². The van der Waals surface area contributed by atoms with E-state index in [1.165, 1.54) is 167 Å². The highest BCUT2D eigenvalue weighted by Gasteiger charge is 2.25. The Bertz CT molecular complexity index is 1430. The lowest BCUT2D eigenvalue weighted by Gasteiger charge is -2.33. The lowest BCUT2D eigenvalue weighted by atomic mass is 10.0. The minimum Gasteiger partial charge on any atom is -0.480 e. The Morgan fingerprint density at radius 1 is 0.416 bits per heavy atom. The summed E-state index contributed by atoms with van der Waals surface area (Å²) < 4.78 is 0. The van der Waals surface area contributed by atoms with Gasteiger partial charge in [-0.05, 0) is 38.6 Å². The number of carbonyl (C=O) groups is 6. The molecule has 17 nitrogen and oxygen atoms in total. The first-order chi connectivity index (χ1) is 37.4. The maximum Gasteiger partial charge on any atom is 0.317 e. The third kappa shape index (κ3) is 44.1. The van der Waals surface area contributed by atoms with E-state index in [9.17, 15) is 44.1 Å². The van der Waals surface area contributed by atoms with E-state index in [1.54, 1.807) is 14.7 Å². The Labute approximate surface area is 468 Å². The van der Waals surface area contributed by atoms with Gasteiger partial charge in [0.1, 0.15) is 6.04 Å². The molecule has 1 heterocycles. The molecule has 0 aliphatic carbocycles. The topological polar surface area (TPSA) is 229 Å². The molecule has 1 fully saturated rings. The number of hydrogen-bond acceptors (Lipinski definition) is 11. The van der Waals surface area contributed by atoms with Crippen LogP contribution in [0.5, 0.6) is 0 Å². The van der Waals surface area contributed by atoms with Gasteiger partial charge in [0.2, 0.25) is 17.7 Å². The van der Waals surface area contributed by atoms with Crippen LogP contribution < -0.4 is 16.4 Å². The summed E-state index contributed by atoms with van der Waals surface area (Å²) in [6.07, 6.45) is 42.6. The average Bonchev–Trinajstić information content (AvgIpc) is 3.39. The number of carboxylic acids is 3. The fraction of sp³-hybridized carbons (Fsp3) is 0.900. The normalized spacial score (nSPS) is 14.9. The summed E-state index contributed by atoms with van der Waals surface area (Å²) in [6, 6.07) is -0.907. The van der Waals surface area contributed by atoms with E-state index >= 15 is 0 Å². The minimum atomic E-state index is -1.04. The lowest BCUT2D eigenvalue weighted by molar-refractivity contribution is -0.140.